The fourth-order valence-corrected chi connectivity index (χ4v) is 1.47. The van der Waals surface area contributed by atoms with Gasteiger partial charge in [0.25, 0.3) is 0 Å². The molecule has 0 spiro atoms. The highest BCUT2D eigenvalue weighted by atomic mass is 16.6. The largest absolute Gasteiger partial charge is 0.508 e. The zero-order chi connectivity index (χ0) is 12.6. The van der Waals surface area contributed by atoms with Crippen molar-refractivity contribution >= 4 is 17.1 Å². The van der Waals surface area contributed by atoms with Gasteiger partial charge >= 0.3 is 11.7 Å². The van der Waals surface area contributed by atoms with E-state index in [-0.39, 0.29) is 17.1 Å². The van der Waals surface area contributed by atoms with Crippen LogP contribution in [0.1, 0.15) is 5.56 Å². The molecule has 6 nitrogen and oxygen atoms in total. The van der Waals surface area contributed by atoms with Gasteiger partial charge in [0.15, 0.2) is 0 Å². The molecule has 0 unspecified atom stereocenters. The van der Waals surface area contributed by atoms with Crippen LogP contribution in [-0.4, -0.2) is 11.2 Å². The molecule has 0 saturated carbocycles. The number of benzene rings is 1. The zero-order valence-corrected chi connectivity index (χ0v) is 8.89. The fourth-order valence-electron chi connectivity index (χ4n) is 1.47. The number of phenols is 1. The Labute approximate surface area is 95.2 Å². The monoisotopic (exact) mass is 235 g/mol. The van der Waals surface area contributed by atoms with Crippen LogP contribution in [0.3, 0.4) is 0 Å². The molecule has 0 aliphatic carbocycles. The number of carbonyl (C=O) groups excluding carboxylic acids is 1. The van der Waals surface area contributed by atoms with Gasteiger partial charge in [-0.15, -0.1) is 0 Å². The molecule has 1 aromatic carbocycles. The van der Waals surface area contributed by atoms with E-state index in [0.717, 1.165) is 0 Å². The maximum atomic E-state index is 11.5. The minimum atomic E-state index is -1.09. The van der Waals surface area contributed by atoms with Crippen LogP contribution in [0.4, 0.5) is 4.79 Å². The molecule has 0 fully saturated rings. The molecular formula is C11H9NO5. The molecule has 0 saturated heterocycles. The normalized spacial score (nSPS) is 10.4. The molecule has 0 bridgehead atoms. The summed E-state index contributed by atoms with van der Waals surface area (Å²) < 4.78 is 9.45. The van der Waals surface area contributed by atoms with Crippen molar-refractivity contribution in [3.63, 3.8) is 0 Å². The molecule has 6 heteroatoms. The molecule has 0 aliphatic heterocycles. The predicted octanol–water partition coefficient (Wildman–Crippen LogP) is 1.26. The standard InChI is InChI=1S/C11H9NO5/c1-5-7(13)3-2-6-4-8(16-11(12)15)10(14)17-9(5)6/h2-4,13H,1H3,(H2,12,15). The number of amides is 1. The minimum absolute atomic E-state index is 0.0178. The number of primary amides is 1. The summed E-state index contributed by atoms with van der Waals surface area (Å²) in [6.07, 6.45) is -1.09. The third kappa shape index (κ3) is 1.92. The molecule has 2 rings (SSSR count). The summed E-state index contributed by atoms with van der Waals surface area (Å²) in [5.41, 5.74) is 4.66. The fraction of sp³-hybridized carbons (Fsp3) is 0.0909. The highest BCUT2D eigenvalue weighted by Gasteiger charge is 2.11. The Morgan fingerprint density at radius 2 is 2.18 bits per heavy atom. The quantitative estimate of drug-likeness (QED) is 0.724. The first-order chi connectivity index (χ1) is 7.99. The third-order valence-electron chi connectivity index (χ3n) is 2.30. The maximum Gasteiger partial charge on any atom is 0.410 e. The number of hydrogen-bond donors (Lipinski definition) is 2. The number of fused-ring (bicyclic) bond motifs is 1. The first-order valence-corrected chi connectivity index (χ1v) is 4.73. The number of aryl methyl sites for hydroxylation is 1. The Morgan fingerprint density at radius 3 is 2.82 bits per heavy atom. The summed E-state index contributed by atoms with van der Waals surface area (Å²) in [7, 11) is 0. The van der Waals surface area contributed by atoms with Gasteiger partial charge in [0.2, 0.25) is 5.75 Å². The van der Waals surface area contributed by atoms with Crippen molar-refractivity contribution in [2.24, 2.45) is 5.73 Å². The van der Waals surface area contributed by atoms with E-state index >= 15 is 0 Å². The second-order valence-electron chi connectivity index (χ2n) is 3.45. The van der Waals surface area contributed by atoms with Gasteiger partial charge in [-0.1, -0.05) is 0 Å². The van der Waals surface area contributed by atoms with Crippen LogP contribution >= 0.6 is 0 Å². The van der Waals surface area contributed by atoms with Crippen LogP contribution in [0.15, 0.2) is 27.4 Å². The van der Waals surface area contributed by atoms with Crippen LogP contribution in [0.2, 0.25) is 0 Å². The number of hydrogen-bond acceptors (Lipinski definition) is 5. The predicted molar refractivity (Wildman–Crippen MR) is 59.1 cm³/mol. The summed E-state index contributed by atoms with van der Waals surface area (Å²) in [5.74, 6) is -0.265. The van der Waals surface area contributed by atoms with Gasteiger partial charge in [-0.25, -0.2) is 9.59 Å². The van der Waals surface area contributed by atoms with E-state index in [4.69, 9.17) is 10.2 Å². The summed E-state index contributed by atoms with van der Waals surface area (Å²) in [4.78, 5) is 22.0. The second kappa shape index (κ2) is 3.82. The minimum Gasteiger partial charge on any atom is -0.508 e. The van der Waals surface area contributed by atoms with Crippen molar-refractivity contribution in [1.82, 2.24) is 0 Å². The van der Waals surface area contributed by atoms with Crippen LogP contribution in [0, 0.1) is 6.92 Å². The lowest BCUT2D eigenvalue weighted by molar-refractivity contribution is 0.209. The first-order valence-electron chi connectivity index (χ1n) is 4.73. The molecule has 1 aromatic heterocycles. The van der Waals surface area contributed by atoms with Crippen LogP contribution < -0.4 is 16.1 Å². The van der Waals surface area contributed by atoms with E-state index in [2.05, 4.69) is 4.74 Å². The topological polar surface area (TPSA) is 103 Å². The van der Waals surface area contributed by atoms with Crippen molar-refractivity contribution in [2.45, 2.75) is 6.92 Å². The summed E-state index contributed by atoms with van der Waals surface area (Å²) in [5, 5.41) is 9.98. The van der Waals surface area contributed by atoms with Gasteiger partial charge in [0.05, 0.1) is 0 Å². The molecule has 1 heterocycles. The van der Waals surface area contributed by atoms with E-state index in [1.165, 1.54) is 18.2 Å². The van der Waals surface area contributed by atoms with E-state index < -0.39 is 11.7 Å². The molecule has 1 amide bonds. The number of ether oxygens (including phenoxy) is 1. The second-order valence-corrected chi connectivity index (χ2v) is 3.45. The van der Waals surface area contributed by atoms with Gasteiger partial charge in [0.1, 0.15) is 11.3 Å². The van der Waals surface area contributed by atoms with Crippen molar-refractivity contribution in [1.29, 1.82) is 0 Å². The Morgan fingerprint density at radius 1 is 1.47 bits per heavy atom. The third-order valence-corrected chi connectivity index (χ3v) is 2.30. The Bertz CT molecular complexity index is 659. The number of phenolic OH excluding ortho intramolecular Hbond substituents is 1. The van der Waals surface area contributed by atoms with E-state index in [0.29, 0.717) is 10.9 Å². The van der Waals surface area contributed by atoms with E-state index in [1.807, 2.05) is 0 Å². The molecule has 0 radical (unpaired) electrons. The Hall–Kier alpha value is -2.50. The van der Waals surface area contributed by atoms with Crippen molar-refractivity contribution in [3.8, 4) is 11.5 Å². The van der Waals surface area contributed by atoms with Gasteiger partial charge in [0, 0.05) is 10.9 Å². The van der Waals surface area contributed by atoms with Crippen molar-refractivity contribution < 1.29 is 19.1 Å². The van der Waals surface area contributed by atoms with Crippen LogP contribution in [0.25, 0.3) is 11.0 Å². The zero-order valence-electron chi connectivity index (χ0n) is 8.89. The number of nitrogens with two attached hydrogens (primary N) is 1. The van der Waals surface area contributed by atoms with Gasteiger partial charge in [-0.2, -0.15) is 0 Å². The molecular weight excluding hydrogens is 226 g/mol. The summed E-state index contributed by atoms with van der Waals surface area (Å²) in [6, 6.07) is 4.32. The SMILES string of the molecule is Cc1c(O)ccc2cc(OC(N)=O)c(=O)oc12. The lowest BCUT2D eigenvalue weighted by atomic mass is 10.1. The lowest BCUT2D eigenvalue weighted by Crippen LogP contribution is -2.20. The maximum absolute atomic E-state index is 11.5. The van der Waals surface area contributed by atoms with Gasteiger partial charge in [-0.3, -0.25) is 0 Å². The molecule has 0 atom stereocenters. The average Bonchev–Trinajstić information content (AvgIpc) is 2.25. The van der Waals surface area contributed by atoms with Gasteiger partial charge < -0.3 is 20.0 Å². The van der Waals surface area contributed by atoms with E-state index in [1.54, 1.807) is 6.92 Å². The smallest absolute Gasteiger partial charge is 0.410 e. The number of rotatable bonds is 1. The van der Waals surface area contributed by atoms with Gasteiger partial charge in [-0.05, 0) is 25.1 Å². The molecule has 17 heavy (non-hydrogen) atoms. The summed E-state index contributed by atoms with van der Waals surface area (Å²) >= 11 is 0. The molecule has 88 valence electrons. The van der Waals surface area contributed by atoms with Crippen LogP contribution in [-0.2, 0) is 0 Å². The summed E-state index contributed by atoms with van der Waals surface area (Å²) in [6.45, 7) is 1.61. The molecule has 2 aromatic rings. The Balaban J connectivity index is 2.71. The van der Waals surface area contributed by atoms with Crippen molar-refractivity contribution in [3.05, 3.63) is 34.2 Å². The average molecular weight is 235 g/mol. The lowest BCUT2D eigenvalue weighted by Gasteiger charge is -2.04. The van der Waals surface area contributed by atoms with Crippen molar-refractivity contribution in [2.75, 3.05) is 0 Å². The highest BCUT2D eigenvalue weighted by molar-refractivity contribution is 5.83. The number of carbonyl (C=O) groups is 1. The first kappa shape index (κ1) is 11.0. The number of aromatic hydroxyl groups is 1. The Kier molecular flexibility index (Phi) is 2.47. The molecule has 3 N–H and O–H groups in total. The van der Waals surface area contributed by atoms with E-state index in [9.17, 15) is 14.7 Å². The van der Waals surface area contributed by atoms with Crippen LogP contribution in [0.5, 0.6) is 11.5 Å². The highest BCUT2D eigenvalue weighted by Crippen LogP contribution is 2.26. The molecule has 0 aliphatic rings.